The Morgan fingerprint density at radius 3 is 2.26 bits per heavy atom. The number of nitrogens with zero attached hydrogens (tertiary/aromatic N) is 2. The Bertz CT molecular complexity index is 441. The number of nitrogens with one attached hydrogen (secondary N) is 2. The lowest BCUT2D eigenvalue weighted by atomic mass is 9.81. The van der Waals surface area contributed by atoms with Crippen molar-refractivity contribution in [3.8, 4) is 0 Å². The average molecular weight is 266 g/mol. The van der Waals surface area contributed by atoms with E-state index in [1.54, 1.807) is 0 Å². The van der Waals surface area contributed by atoms with Crippen LogP contribution in [0.25, 0.3) is 0 Å². The SMILES string of the molecule is CC(C)C(C)(C)CNC(=O)c1n[nH]c(C(C)(C)C)n1. The Hall–Kier alpha value is -1.39. The van der Waals surface area contributed by atoms with Crippen LogP contribution in [0.5, 0.6) is 0 Å². The molecule has 0 radical (unpaired) electrons. The topological polar surface area (TPSA) is 70.7 Å². The van der Waals surface area contributed by atoms with Gasteiger partial charge in [0.15, 0.2) is 0 Å². The summed E-state index contributed by atoms with van der Waals surface area (Å²) in [5, 5.41) is 9.71. The maximum Gasteiger partial charge on any atom is 0.290 e. The van der Waals surface area contributed by atoms with Crippen LogP contribution in [0, 0.1) is 11.3 Å². The third-order valence-electron chi connectivity index (χ3n) is 3.67. The van der Waals surface area contributed by atoms with E-state index < -0.39 is 0 Å². The van der Waals surface area contributed by atoms with E-state index in [-0.39, 0.29) is 22.6 Å². The zero-order valence-corrected chi connectivity index (χ0v) is 13.1. The van der Waals surface area contributed by atoms with Gasteiger partial charge in [0.25, 0.3) is 5.91 Å². The number of carbonyl (C=O) groups is 1. The van der Waals surface area contributed by atoms with Gasteiger partial charge in [-0.25, -0.2) is 4.98 Å². The summed E-state index contributed by atoms with van der Waals surface area (Å²) in [6.45, 7) is 15.3. The molecule has 1 heterocycles. The summed E-state index contributed by atoms with van der Waals surface area (Å²) in [7, 11) is 0. The van der Waals surface area contributed by atoms with Gasteiger partial charge in [-0.2, -0.15) is 0 Å². The second kappa shape index (κ2) is 5.31. The van der Waals surface area contributed by atoms with Gasteiger partial charge in [-0.1, -0.05) is 48.5 Å². The molecule has 0 aliphatic rings. The summed E-state index contributed by atoms with van der Waals surface area (Å²) in [6, 6.07) is 0. The van der Waals surface area contributed by atoms with Gasteiger partial charge in [-0.15, -0.1) is 5.10 Å². The highest BCUT2D eigenvalue weighted by atomic mass is 16.2. The summed E-state index contributed by atoms with van der Waals surface area (Å²) >= 11 is 0. The van der Waals surface area contributed by atoms with Crippen molar-refractivity contribution < 1.29 is 4.79 Å². The number of hydrogen-bond donors (Lipinski definition) is 2. The van der Waals surface area contributed by atoms with Crippen molar-refractivity contribution in [2.75, 3.05) is 6.54 Å². The van der Waals surface area contributed by atoms with E-state index in [4.69, 9.17) is 0 Å². The largest absolute Gasteiger partial charge is 0.349 e. The van der Waals surface area contributed by atoms with Crippen LogP contribution < -0.4 is 5.32 Å². The van der Waals surface area contributed by atoms with Crippen LogP contribution in [0.3, 0.4) is 0 Å². The van der Waals surface area contributed by atoms with Crippen LogP contribution >= 0.6 is 0 Å². The molecule has 1 aromatic rings. The van der Waals surface area contributed by atoms with Crippen LogP contribution in [-0.2, 0) is 5.41 Å². The number of amides is 1. The molecule has 5 heteroatoms. The Balaban J connectivity index is 2.67. The molecule has 0 unspecified atom stereocenters. The van der Waals surface area contributed by atoms with Crippen LogP contribution in [-0.4, -0.2) is 27.6 Å². The normalized spacial score (nSPS) is 12.8. The Labute approximate surface area is 115 Å². The van der Waals surface area contributed by atoms with Crippen LogP contribution in [0.1, 0.15) is 64.9 Å². The molecule has 108 valence electrons. The molecule has 0 bridgehead atoms. The number of H-pyrrole nitrogens is 1. The van der Waals surface area contributed by atoms with Crippen molar-refractivity contribution in [3.05, 3.63) is 11.6 Å². The molecule has 0 aromatic carbocycles. The fourth-order valence-corrected chi connectivity index (χ4v) is 1.29. The van der Waals surface area contributed by atoms with Crippen molar-refractivity contribution in [1.29, 1.82) is 0 Å². The van der Waals surface area contributed by atoms with Gasteiger partial charge >= 0.3 is 0 Å². The molecule has 0 saturated carbocycles. The summed E-state index contributed by atoms with van der Waals surface area (Å²) in [4.78, 5) is 16.2. The van der Waals surface area contributed by atoms with E-state index in [0.717, 1.165) is 5.82 Å². The molecule has 0 aliphatic carbocycles. The average Bonchev–Trinajstić information content (AvgIpc) is 2.74. The number of rotatable bonds is 4. The van der Waals surface area contributed by atoms with Crippen molar-refractivity contribution in [1.82, 2.24) is 20.5 Å². The minimum atomic E-state index is -0.222. The van der Waals surface area contributed by atoms with Crippen molar-refractivity contribution >= 4 is 5.91 Å². The predicted molar refractivity (Wildman–Crippen MR) is 76.0 cm³/mol. The van der Waals surface area contributed by atoms with Gasteiger partial charge in [0.1, 0.15) is 5.82 Å². The van der Waals surface area contributed by atoms with Gasteiger partial charge in [0.2, 0.25) is 5.82 Å². The molecule has 5 nitrogen and oxygen atoms in total. The fraction of sp³-hybridized carbons (Fsp3) is 0.786. The number of aromatic amines is 1. The number of carbonyl (C=O) groups excluding carboxylic acids is 1. The van der Waals surface area contributed by atoms with Gasteiger partial charge in [-0.05, 0) is 11.3 Å². The lowest BCUT2D eigenvalue weighted by molar-refractivity contribution is 0.0914. The van der Waals surface area contributed by atoms with Gasteiger partial charge in [0.05, 0.1) is 0 Å². The third kappa shape index (κ3) is 4.04. The molecule has 0 atom stereocenters. The molecule has 1 amide bonds. The molecular formula is C14H26N4O. The van der Waals surface area contributed by atoms with Gasteiger partial charge < -0.3 is 5.32 Å². The summed E-state index contributed by atoms with van der Waals surface area (Å²) < 4.78 is 0. The smallest absolute Gasteiger partial charge is 0.290 e. The second-order valence-electron chi connectivity index (χ2n) is 7.08. The Morgan fingerprint density at radius 1 is 1.26 bits per heavy atom. The van der Waals surface area contributed by atoms with Gasteiger partial charge in [0, 0.05) is 12.0 Å². The van der Waals surface area contributed by atoms with Gasteiger partial charge in [-0.3, -0.25) is 9.89 Å². The number of aromatic nitrogens is 3. The molecule has 2 N–H and O–H groups in total. The van der Waals surface area contributed by atoms with E-state index in [9.17, 15) is 4.79 Å². The van der Waals surface area contributed by atoms with Crippen LogP contribution in [0.4, 0.5) is 0 Å². The van der Waals surface area contributed by atoms with Crippen molar-refractivity contribution in [2.45, 2.75) is 53.9 Å². The molecule has 0 spiro atoms. The molecule has 1 aromatic heterocycles. The molecule has 19 heavy (non-hydrogen) atoms. The first-order valence-corrected chi connectivity index (χ1v) is 6.75. The van der Waals surface area contributed by atoms with E-state index >= 15 is 0 Å². The first-order chi connectivity index (χ1) is 8.54. The summed E-state index contributed by atoms with van der Waals surface area (Å²) in [5.41, 5.74) is -0.0818. The molecular weight excluding hydrogens is 240 g/mol. The van der Waals surface area contributed by atoms with Crippen LogP contribution in [0.2, 0.25) is 0 Å². The van der Waals surface area contributed by atoms with Crippen molar-refractivity contribution in [2.24, 2.45) is 11.3 Å². The molecule has 0 saturated heterocycles. The minimum absolute atomic E-state index is 0.0544. The summed E-state index contributed by atoms with van der Waals surface area (Å²) in [5.74, 6) is 1.20. The monoisotopic (exact) mass is 266 g/mol. The molecule has 0 fully saturated rings. The minimum Gasteiger partial charge on any atom is -0.349 e. The summed E-state index contributed by atoms with van der Waals surface area (Å²) in [6.07, 6.45) is 0. The maximum absolute atomic E-state index is 12.0. The van der Waals surface area contributed by atoms with Crippen molar-refractivity contribution in [3.63, 3.8) is 0 Å². The highest BCUT2D eigenvalue weighted by molar-refractivity contribution is 5.90. The maximum atomic E-state index is 12.0. The van der Waals surface area contributed by atoms with Crippen LogP contribution in [0.15, 0.2) is 0 Å². The van der Waals surface area contributed by atoms with E-state index in [1.807, 2.05) is 20.8 Å². The lowest BCUT2D eigenvalue weighted by Crippen LogP contribution is -2.37. The highest BCUT2D eigenvalue weighted by Gasteiger charge is 2.25. The van der Waals surface area contributed by atoms with E-state index in [0.29, 0.717) is 12.5 Å². The zero-order valence-electron chi connectivity index (χ0n) is 13.1. The first-order valence-electron chi connectivity index (χ1n) is 6.75. The quantitative estimate of drug-likeness (QED) is 0.879. The highest BCUT2D eigenvalue weighted by Crippen LogP contribution is 2.24. The Kier molecular flexibility index (Phi) is 4.38. The molecule has 0 aliphatic heterocycles. The zero-order chi connectivity index (χ0) is 14.8. The predicted octanol–water partition coefficient (Wildman–Crippen LogP) is 2.51. The number of hydrogen-bond acceptors (Lipinski definition) is 3. The van der Waals surface area contributed by atoms with E-state index in [2.05, 4.69) is 48.2 Å². The third-order valence-corrected chi connectivity index (χ3v) is 3.67. The standard InChI is InChI=1S/C14H26N4O/c1-9(2)14(6,7)8-15-11(19)10-16-12(18-17-10)13(3,4)5/h9H,8H2,1-7H3,(H,15,19)(H,16,17,18). The molecule has 1 rings (SSSR count). The van der Waals surface area contributed by atoms with E-state index in [1.165, 1.54) is 0 Å². The first kappa shape index (κ1) is 15.7. The second-order valence-corrected chi connectivity index (χ2v) is 7.08. The lowest BCUT2D eigenvalue weighted by Gasteiger charge is -2.29. The fourth-order valence-electron chi connectivity index (χ4n) is 1.29. The Morgan fingerprint density at radius 2 is 1.84 bits per heavy atom.